The summed E-state index contributed by atoms with van der Waals surface area (Å²) in [7, 11) is 0. The van der Waals surface area contributed by atoms with Gasteiger partial charge in [0.1, 0.15) is 5.54 Å². The molecule has 0 aliphatic heterocycles. The van der Waals surface area contributed by atoms with Crippen molar-refractivity contribution in [2.75, 3.05) is 6.54 Å². The van der Waals surface area contributed by atoms with Gasteiger partial charge in [-0.25, -0.2) is 9.59 Å². The summed E-state index contributed by atoms with van der Waals surface area (Å²) >= 11 is 0. The van der Waals surface area contributed by atoms with Crippen LogP contribution in [0, 0.1) is 5.41 Å². The standard InChI is InChI=1S/C12H22N2O3/c1-11(2,3)7-8-13-10(17)14-12(9(15)16)5-4-6-12/h4-8H2,1-3H3,(H,15,16)(H2,13,14,17). The first kappa shape index (κ1) is 13.8. The summed E-state index contributed by atoms with van der Waals surface area (Å²) in [6, 6.07) is -0.378. The predicted molar refractivity (Wildman–Crippen MR) is 64.8 cm³/mol. The first-order chi connectivity index (χ1) is 7.75. The van der Waals surface area contributed by atoms with Crippen molar-refractivity contribution in [2.45, 2.75) is 52.0 Å². The van der Waals surface area contributed by atoms with Crippen molar-refractivity contribution in [3.05, 3.63) is 0 Å². The van der Waals surface area contributed by atoms with Crippen LogP contribution in [0.3, 0.4) is 0 Å². The van der Waals surface area contributed by atoms with E-state index in [0.29, 0.717) is 19.4 Å². The van der Waals surface area contributed by atoms with Crippen molar-refractivity contribution in [1.29, 1.82) is 0 Å². The summed E-state index contributed by atoms with van der Waals surface area (Å²) in [4.78, 5) is 22.6. The van der Waals surface area contributed by atoms with Gasteiger partial charge in [0.05, 0.1) is 0 Å². The number of nitrogens with one attached hydrogen (secondary N) is 2. The summed E-state index contributed by atoms with van der Waals surface area (Å²) in [5.74, 6) is -0.935. The Hall–Kier alpha value is -1.26. The number of carboxylic acid groups (broad SMARTS) is 1. The number of amides is 2. The Balaban J connectivity index is 2.32. The summed E-state index contributed by atoms with van der Waals surface area (Å²) in [5.41, 5.74) is -0.861. The van der Waals surface area contributed by atoms with E-state index in [0.717, 1.165) is 12.8 Å². The summed E-state index contributed by atoms with van der Waals surface area (Å²) in [5, 5.41) is 14.3. The van der Waals surface area contributed by atoms with Gasteiger partial charge in [-0.05, 0) is 31.1 Å². The molecule has 5 nitrogen and oxygen atoms in total. The van der Waals surface area contributed by atoms with Crippen LogP contribution in [0.5, 0.6) is 0 Å². The fraction of sp³-hybridized carbons (Fsp3) is 0.833. The third-order valence-electron chi connectivity index (χ3n) is 3.13. The molecule has 0 atom stereocenters. The van der Waals surface area contributed by atoms with Crippen LogP contribution in [0.1, 0.15) is 46.5 Å². The molecule has 0 spiro atoms. The van der Waals surface area contributed by atoms with Gasteiger partial charge in [0.2, 0.25) is 0 Å². The molecular formula is C12H22N2O3. The highest BCUT2D eigenvalue weighted by Crippen LogP contribution is 2.31. The Morgan fingerprint density at radius 2 is 1.88 bits per heavy atom. The van der Waals surface area contributed by atoms with Crippen LogP contribution in [-0.4, -0.2) is 29.2 Å². The molecule has 0 aromatic heterocycles. The molecule has 0 unspecified atom stereocenters. The minimum Gasteiger partial charge on any atom is -0.480 e. The van der Waals surface area contributed by atoms with E-state index in [4.69, 9.17) is 5.11 Å². The number of hydrogen-bond donors (Lipinski definition) is 3. The van der Waals surface area contributed by atoms with Gasteiger partial charge in [0.25, 0.3) is 0 Å². The lowest BCUT2D eigenvalue weighted by Crippen LogP contribution is -2.61. The highest BCUT2D eigenvalue weighted by molar-refractivity contribution is 5.87. The normalized spacial score (nSPS) is 18.1. The van der Waals surface area contributed by atoms with E-state index in [1.807, 2.05) is 0 Å². The molecule has 1 saturated carbocycles. The van der Waals surface area contributed by atoms with Crippen molar-refractivity contribution in [2.24, 2.45) is 5.41 Å². The van der Waals surface area contributed by atoms with Crippen LogP contribution in [0.2, 0.25) is 0 Å². The Bertz CT molecular complexity index is 303. The molecule has 0 radical (unpaired) electrons. The first-order valence-corrected chi connectivity index (χ1v) is 6.05. The lowest BCUT2D eigenvalue weighted by Gasteiger charge is -2.38. The maximum absolute atomic E-state index is 11.6. The number of carbonyl (C=O) groups is 2. The largest absolute Gasteiger partial charge is 0.480 e. The summed E-state index contributed by atoms with van der Waals surface area (Å²) in [6.45, 7) is 6.84. The topological polar surface area (TPSA) is 78.4 Å². The quantitative estimate of drug-likeness (QED) is 0.702. The molecule has 1 aliphatic rings. The Kier molecular flexibility index (Phi) is 4.01. The van der Waals surface area contributed by atoms with Crippen LogP contribution in [0.15, 0.2) is 0 Å². The van der Waals surface area contributed by atoms with Crippen LogP contribution in [0.25, 0.3) is 0 Å². The van der Waals surface area contributed by atoms with Gasteiger partial charge in [0, 0.05) is 6.54 Å². The third kappa shape index (κ3) is 3.91. The van der Waals surface area contributed by atoms with Gasteiger partial charge in [-0.15, -0.1) is 0 Å². The van der Waals surface area contributed by atoms with E-state index in [-0.39, 0.29) is 11.4 Å². The van der Waals surface area contributed by atoms with Gasteiger partial charge in [-0.3, -0.25) is 0 Å². The van der Waals surface area contributed by atoms with E-state index in [1.54, 1.807) is 0 Å². The Morgan fingerprint density at radius 3 is 2.24 bits per heavy atom. The number of carboxylic acids is 1. The highest BCUT2D eigenvalue weighted by atomic mass is 16.4. The molecule has 0 saturated heterocycles. The Labute approximate surface area is 102 Å². The fourth-order valence-corrected chi connectivity index (χ4v) is 1.74. The van der Waals surface area contributed by atoms with E-state index in [2.05, 4.69) is 31.4 Å². The van der Waals surface area contributed by atoms with E-state index in [1.165, 1.54) is 0 Å². The molecule has 0 aromatic carbocycles. The van der Waals surface area contributed by atoms with E-state index >= 15 is 0 Å². The second kappa shape index (κ2) is 4.94. The van der Waals surface area contributed by atoms with Crippen LogP contribution >= 0.6 is 0 Å². The third-order valence-corrected chi connectivity index (χ3v) is 3.13. The number of hydrogen-bond acceptors (Lipinski definition) is 2. The van der Waals surface area contributed by atoms with Crippen molar-refractivity contribution in [1.82, 2.24) is 10.6 Å². The number of rotatable bonds is 4. The zero-order valence-corrected chi connectivity index (χ0v) is 10.8. The maximum Gasteiger partial charge on any atom is 0.329 e. The lowest BCUT2D eigenvalue weighted by atomic mass is 9.77. The maximum atomic E-state index is 11.6. The molecule has 98 valence electrons. The summed E-state index contributed by atoms with van der Waals surface area (Å²) in [6.07, 6.45) is 2.76. The zero-order chi connectivity index (χ0) is 13.1. The molecule has 1 aliphatic carbocycles. The first-order valence-electron chi connectivity index (χ1n) is 6.05. The molecule has 0 bridgehead atoms. The predicted octanol–water partition coefficient (Wildman–Crippen LogP) is 1.73. The van der Waals surface area contributed by atoms with Gasteiger partial charge >= 0.3 is 12.0 Å². The second-order valence-corrected chi connectivity index (χ2v) is 5.93. The second-order valence-electron chi connectivity index (χ2n) is 5.93. The van der Waals surface area contributed by atoms with Gasteiger partial charge in [-0.2, -0.15) is 0 Å². The van der Waals surface area contributed by atoms with Crippen molar-refractivity contribution in [3.63, 3.8) is 0 Å². The molecule has 1 rings (SSSR count). The number of aliphatic carboxylic acids is 1. The fourth-order valence-electron chi connectivity index (χ4n) is 1.74. The highest BCUT2D eigenvalue weighted by Gasteiger charge is 2.45. The van der Waals surface area contributed by atoms with E-state index < -0.39 is 11.5 Å². The molecule has 0 aromatic rings. The van der Waals surface area contributed by atoms with Crippen molar-refractivity contribution in [3.8, 4) is 0 Å². The number of carbonyl (C=O) groups excluding carboxylic acids is 1. The smallest absolute Gasteiger partial charge is 0.329 e. The van der Waals surface area contributed by atoms with E-state index in [9.17, 15) is 9.59 Å². The number of urea groups is 1. The molecule has 5 heteroatoms. The summed E-state index contributed by atoms with van der Waals surface area (Å²) < 4.78 is 0. The molecule has 0 heterocycles. The monoisotopic (exact) mass is 242 g/mol. The van der Waals surface area contributed by atoms with Gasteiger partial charge in [0.15, 0.2) is 0 Å². The Morgan fingerprint density at radius 1 is 1.29 bits per heavy atom. The molecule has 1 fully saturated rings. The van der Waals surface area contributed by atoms with Crippen LogP contribution in [0.4, 0.5) is 4.79 Å². The molecule has 2 amide bonds. The average molecular weight is 242 g/mol. The van der Waals surface area contributed by atoms with Crippen LogP contribution in [-0.2, 0) is 4.79 Å². The minimum absolute atomic E-state index is 0.161. The molecular weight excluding hydrogens is 220 g/mol. The van der Waals surface area contributed by atoms with Gasteiger partial charge < -0.3 is 15.7 Å². The minimum atomic E-state index is -1.02. The average Bonchev–Trinajstić information content (AvgIpc) is 2.08. The van der Waals surface area contributed by atoms with Gasteiger partial charge in [-0.1, -0.05) is 20.8 Å². The molecule has 17 heavy (non-hydrogen) atoms. The zero-order valence-electron chi connectivity index (χ0n) is 10.8. The van der Waals surface area contributed by atoms with Crippen molar-refractivity contribution >= 4 is 12.0 Å². The van der Waals surface area contributed by atoms with Crippen molar-refractivity contribution < 1.29 is 14.7 Å². The molecule has 3 N–H and O–H groups in total. The lowest BCUT2D eigenvalue weighted by molar-refractivity contribution is -0.148. The SMILES string of the molecule is CC(C)(C)CCNC(=O)NC1(C(=O)O)CCC1. The van der Waals surface area contributed by atoms with Crippen LogP contribution < -0.4 is 10.6 Å².